The molecule has 0 aliphatic rings. The van der Waals surface area contributed by atoms with Gasteiger partial charge in [-0.3, -0.25) is 4.68 Å². The smallest absolute Gasteiger partial charge is 0.406 e. The molecule has 212 valence electrons. The first-order chi connectivity index (χ1) is 19.4. The molecule has 0 fully saturated rings. The molecule has 4 aromatic carbocycles. The van der Waals surface area contributed by atoms with Crippen LogP contribution in [-0.2, 0) is 25.6 Å². The van der Waals surface area contributed by atoms with Gasteiger partial charge in [0.05, 0.1) is 17.8 Å². The summed E-state index contributed by atoms with van der Waals surface area (Å²) < 4.78 is 99.3. The number of hydrogen-bond donors (Lipinski definition) is 0. The van der Waals surface area contributed by atoms with Gasteiger partial charge in [0.15, 0.2) is 0 Å². The minimum absolute atomic E-state index is 0.152. The molecule has 0 amide bonds. The molecule has 0 atom stereocenters. The predicted octanol–water partition coefficient (Wildman–Crippen LogP) is 9.25. The number of ether oxygens (including phenoxy) is 1. The van der Waals surface area contributed by atoms with E-state index in [1.165, 1.54) is 47.1 Å². The number of alkyl halides is 6. The van der Waals surface area contributed by atoms with Crippen LogP contribution in [0, 0.1) is 5.82 Å². The Kier molecular flexibility index (Phi) is 7.70. The van der Waals surface area contributed by atoms with Crippen molar-refractivity contribution in [2.24, 2.45) is 0 Å². The summed E-state index contributed by atoms with van der Waals surface area (Å²) in [6.07, 6.45) is -8.66. The molecule has 0 aliphatic heterocycles. The molecular formula is C30H20ClF7N2O. The molecule has 0 unspecified atom stereocenters. The van der Waals surface area contributed by atoms with Crippen molar-refractivity contribution in [2.75, 3.05) is 0 Å². The number of rotatable bonds is 7. The zero-order valence-electron chi connectivity index (χ0n) is 21.0. The fourth-order valence-electron chi connectivity index (χ4n) is 4.67. The first-order valence-corrected chi connectivity index (χ1v) is 12.7. The van der Waals surface area contributed by atoms with Crippen molar-refractivity contribution >= 4 is 22.5 Å². The standard InChI is InChI=1S/C30H20ClF7N2O/c31-22-13-12-21(26(32)16-22)17-40-28(24-8-3-9-25(27(24)39-40)29(33,34)35)20-6-1-4-18(14-20)10-11-19-5-2-7-23(15-19)41-30(36,37)38/h1-9,12-16H,10-11,17H2. The van der Waals surface area contributed by atoms with Crippen molar-refractivity contribution in [2.45, 2.75) is 31.9 Å². The molecule has 41 heavy (non-hydrogen) atoms. The normalized spacial score (nSPS) is 12.2. The first kappa shape index (κ1) is 28.5. The molecule has 0 radical (unpaired) electrons. The fraction of sp³-hybridized carbons (Fsp3) is 0.167. The number of nitrogens with zero attached hydrogens (tertiary/aromatic N) is 2. The summed E-state index contributed by atoms with van der Waals surface area (Å²) in [6.45, 7) is -0.152. The highest BCUT2D eigenvalue weighted by Crippen LogP contribution is 2.38. The number of benzene rings is 4. The van der Waals surface area contributed by atoms with Gasteiger partial charge in [0.25, 0.3) is 0 Å². The van der Waals surface area contributed by atoms with E-state index in [-0.39, 0.29) is 33.8 Å². The SMILES string of the molecule is Fc1cc(Cl)ccc1Cn1nc2c(C(F)(F)F)cccc2c1-c1cccc(CCc2cccc(OC(F)(F)F)c2)c1. The minimum atomic E-state index is -4.81. The van der Waals surface area contributed by atoms with Gasteiger partial charge in [0, 0.05) is 21.5 Å². The van der Waals surface area contributed by atoms with Crippen molar-refractivity contribution in [3.8, 4) is 17.0 Å². The summed E-state index contributed by atoms with van der Waals surface area (Å²) >= 11 is 5.87. The molecule has 1 heterocycles. The highest BCUT2D eigenvalue weighted by Gasteiger charge is 2.35. The average molecular weight is 593 g/mol. The quantitative estimate of drug-likeness (QED) is 0.176. The Labute approximate surface area is 234 Å². The fourth-order valence-corrected chi connectivity index (χ4v) is 4.83. The third-order valence-electron chi connectivity index (χ3n) is 6.45. The second-order valence-electron chi connectivity index (χ2n) is 9.34. The van der Waals surface area contributed by atoms with Gasteiger partial charge in [0.1, 0.15) is 17.1 Å². The maximum absolute atomic E-state index is 14.7. The molecule has 0 bridgehead atoms. The van der Waals surface area contributed by atoms with Crippen LogP contribution in [0.1, 0.15) is 22.3 Å². The molecule has 0 saturated carbocycles. The van der Waals surface area contributed by atoms with Crippen LogP contribution < -0.4 is 4.74 Å². The summed E-state index contributed by atoms with van der Waals surface area (Å²) in [7, 11) is 0. The second-order valence-corrected chi connectivity index (χ2v) is 9.77. The molecule has 0 spiro atoms. The molecular weight excluding hydrogens is 573 g/mol. The third kappa shape index (κ3) is 6.65. The van der Waals surface area contributed by atoms with Crippen LogP contribution in [0.5, 0.6) is 5.75 Å². The van der Waals surface area contributed by atoms with E-state index in [0.29, 0.717) is 29.7 Å². The summed E-state index contributed by atoms with van der Waals surface area (Å²) in [4.78, 5) is 0. The first-order valence-electron chi connectivity index (χ1n) is 12.3. The maximum atomic E-state index is 14.7. The number of hydrogen-bond acceptors (Lipinski definition) is 2. The van der Waals surface area contributed by atoms with Crippen LogP contribution >= 0.6 is 11.6 Å². The van der Waals surface area contributed by atoms with E-state index in [2.05, 4.69) is 9.84 Å². The zero-order valence-corrected chi connectivity index (χ0v) is 21.8. The predicted molar refractivity (Wildman–Crippen MR) is 141 cm³/mol. The highest BCUT2D eigenvalue weighted by molar-refractivity contribution is 6.30. The van der Waals surface area contributed by atoms with Gasteiger partial charge < -0.3 is 4.74 Å². The maximum Gasteiger partial charge on any atom is 0.573 e. The summed E-state index contributed by atoms with van der Waals surface area (Å²) in [6, 6.07) is 20.5. The van der Waals surface area contributed by atoms with Crippen molar-refractivity contribution in [1.82, 2.24) is 9.78 Å². The lowest BCUT2D eigenvalue weighted by molar-refractivity contribution is -0.274. The summed E-state index contributed by atoms with van der Waals surface area (Å²) in [5.41, 5.74) is 1.32. The average Bonchev–Trinajstić information content (AvgIpc) is 3.26. The van der Waals surface area contributed by atoms with E-state index < -0.39 is 23.9 Å². The Balaban J connectivity index is 1.52. The Hall–Kier alpha value is -4.05. The van der Waals surface area contributed by atoms with E-state index in [0.717, 1.165) is 17.7 Å². The third-order valence-corrected chi connectivity index (χ3v) is 6.68. The summed E-state index contributed by atoms with van der Waals surface area (Å²) in [5, 5.41) is 4.69. The lowest BCUT2D eigenvalue weighted by Gasteiger charge is -2.12. The Morgan fingerprint density at radius 2 is 1.46 bits per heavy atom. The van der Waals surface area contributed by atoms with Crippen molar-refractivity contribution in [3.63, 3.8) is 0 Å². The van der Waals surface area contributed by atoms with Gasteiger partial charge in [0.2, 0.25) is 0 Å². The van der Waals surface area contributed by atoms with E-state index >= 15 is 0 Å². The van der Waals surface area contributed by atoms with Gasteiger partial charge in [-0.25, -0.2) is 4.39 Å². The Morgan fingerprint density at radius 3 is 2.15 bits per heavy atom. The van der Waals surface area contributed by atoms with Crippen LogP contribution in [0.15, 0.2) is 84.9 Å². The molecule has 0 aliphatic carbocycles. The molecule has 0 N–H and O–H groups in total. The van der Waals surface area contributed by atoms with Crippen LogP contribution in [-0.4, -0.2) is 16.1 Å². The zero-order chi connectivity index (χ0) is 29.4. The number of aromatic nitrogens is 2. The second kappa shape index (κ2) is 11.1. The van der Waals surface area contributed by atoms with Gasteiger partial charge >= 0.3 is 12.5 Å². The summed E-state index contributed by atoms with van der Waals surface area (Å²) in [5.74, 6) is -0.946. The number of aryl methyl sites for hydroxylation is 2. The monoisotopic (exact) mass is 592 g/mol. The van der Waals surface area contributed by atoms with Crippen molar-refractivity contribution in [3.05, 3.63) is 118 Å². The van der Waals surface area contributed by atoms with E-state index in [4.69, 9.17) is 11.6 Å². The van der Waals surface area contributed by atoms with E-state index in [9.17, 15) is 30.7 Å². The molecule has 1 aromatic heterocycles. The van der Waals surface area contributed by atoms with Gasteiger partial charge in [-0.1, -0.05) is 60.1 Å². The van der Waals surface area contributed by atoms with Crippen LogP contribution in [0.25, 0.3) is 22.2 Å². The highest BCUT2D eigenvalue weighted by atomic mass is 35.5. The Morgan fingerprint density at radius 1 is 0.780 bits per heavy atom. The molecule has 5 aromatic rings. The van der Waals surface area contributed by atoms with E-state index in [1.807, 2.05) is 6.07 Å². The number of halogens is 8. The van der Waals surface area contributed by atoms with Crippen molar-refractivity contribution in [1.29, 1.82) is 0 Å². The van der Waals surface area contributed by atoms with Gasteiger partial charge in [-0.05, 0) is 60.4 Å². The molecule has 0 saturated heterocycles. The number of fused-ring (bicyclic) bond motifs is 1. The largest absolute Gasteiger partial charge is 0.573 e. The molecule has 11 heteroatoms. The lowest BCUT2D eigenvalue weighted by atomic mass is 9.99. The topological polar surface area (TPSA) is 27.1 Å². The van der Waals surface area contributed by atoms with E-state index in [1.54, 1.807) is 24.3 Å². The molecule has 5 rings (SSSR count). The molecule has 3 nitrogen and oxygen atoms in total. The van der Waals surface area contributed by atoms with Crippen LogP contribution in [0.3, 0.4) is 0 Å². The minimum Gasteiger partial charge on any atom is -0.406 e. The van der Waals surface area contributed by atoms with Gasteiger partial charge in [-0.2, -0.15) is 18.3 Å². The van der Waals surface area contributed by atoms with Gasteiger partial charge in [-0.15, -0.1) is 13.2 Å². The van der Waals surface area contributed by atoms with Crippen LogP contribution in [0.4, 0.5) is 30.7 Å². The lowest BCUT2D eigenvalue weighted by Crippen LogP contribution is -2.17. The van der Waals surface area contributed by atoms with Crippen molar-refractivity contribution < 1.29 is 35.5 Å². The Bertz CT molecular complexity index is 1710. The van der Waals surface area contributed by atoms with Crippen LogP contribution in [0.2, 0.25) is 5.02 Å².